The van der Waals surface area contributed by atoms with Gasteiger partial charge in [0, 0.05) is 23.6 Å². The lowest BCUT2D eigenvalue weighted by atomic mass is 9.82. The highest BCUT2D eigenvalue weighted by Gasteiger charge is 2.34. The fourth-order valence-electron chi connectivity index (χ4n) is 6.40. The highest BCUT2D eigenvalue weighted by molar-refractivity contribution is 7.21. The lowest BCUT2D eigenvalue weighted by Gasteiger charge is -2.24. The van der Waals surface area contributed by atoms with Crippen LogP contribution < -0.4 is 4.90 Å². The minimum Gasteiger partial charge on any atom is -0.477 e. The van der Waals surface area contributed by atoms with Crippen molar-refractivity contribution in [3.05, 3.63) is 70.9 Å². The topological polar surface area (TPSA) is 75.4 Å². The number of carbonyl (C=O) groups is 2. The first-order valence-electron chi connectivity index (χ1n) is 13.3. The van der Waals surface area contributed by atoms with Crippen molar-refractivity contribution in [2.75, 3.05) is 11.9 Å². The zero-order valence-corrected chi connectivity index (χ0v) is 22.2. The van der Waals surface area contributed by atoms with Crippen LogP contribution in [0.1, 0.15) is 53.3 Å². The van der Waals surface area contributed by atoms with E-state index >= 15 is 0 Å². The summed E-state index contributed by atoms with van der Waals surface area (Å²) in [6.07, 6.45) is 5.58. The van der Waals surface area contributed by atoms with Gasteiger partial charge < -0.3 is 14.6 Å². The lowest BCUT2D eigenvalue weighted by molar-refractivity contribution is -0.118. The Hall–Kier alpha value is -4.04. The number of thiophene rings is 1. The summed E-state index contributed by atoms with van der Waals surface area (Å²) >= 11 is 1.31. The third-order valence-corrected chi connectivity index (χ3v) is 9.39. The van der Waals surface area contributed by atoms with Gasteiger partial charge in [0.15, 0.2) is 0 Å². The van der Waals surface area contributed by atoms with E-state index in [1.165, 1.54) is 29.4 Å². The number of hydrogen-bond acceptors (Lipinski definition) is 4. The van der Waals surface area contributed by atoms with E-state index in [1.807, 2.05) is 28.8 Å². The summed E-state index contributed by atoms with van der Waals surface area (Å²) in [6, 6.07) is 16.0. The molecule has 39 heavy (non-hydrogen) atoms. The number of carbonyl (C=O) groups excluding carboxylic acids is 1. The van der Waals surface area contributed by atoms with Crippen LogP contribution in [-0.4, -0.2) is 33.6 Å². The molecule has 1 aliphatic carbocycles. The van der Waals surface area contributed by atoms with Crippen LogP contribution in [0.3, 0.4) is 0 Å². The van der Waals surface area contributed by atoms with Crippen molar-refractivity contribution in [2.24, 2.45) is 0 Å². The Balaban J connectivity index is 1.51. The Morgan fingerprint density at radius 2 is 1.85 bits per heavy atom. The largest absolute Gasteiger partial charge is 0.477 e. The van der Waals surface area contributed by atoms with Gasteiger partial charge in [-0.2, -0.15) is 0 Å². The first kappa shape index (κ1) is 24.0. The van der Waals surface area contributed by atoms with Gasteiger partial charge in [0.1, 0.15) is 17.2 Å². The monoisotopic (exact) mass is 539 g/mol. The van der Waals surface area contributed by atoms with E-state index in [0.717, 1.165) is 58.2 Å². The molecule has 0 unspecified atom stereocenters. The maximum absolute atomic E-state index is 14.5. The number of benzene rings is 2. The van der Waals surface area contributed by atoms with Crippen LogP contribution >= 0.6 is 11.3 Å². The van der Waals surface area contributed by atoms with Gasteiger partial charge in [0.25, 0.3) is 0 Å². The fourth-order valence-corrected chi connectivity index (χ4v) is 7.53. The molecule has 1 aliphatic heterocycles. The number of aromatic nitrogens is 2. The number of rotatable bonds is 3. The number of aromatic carboxylic acids is 1. The van der Waals surface area contributed by atoms with Gasteiger partial charge in [-0.1, -0.05) is 31.4 Å². The van der Waals surface area contributed by atoms with Crippen molar-refractivity contribution in [3.8, 4) is 22.5 Å². The molecule has 5 aromatic rings. The molecule has 3 aromatic heterocycles. The molecule has 1 N–H and O–H groups in total. The molecule has 1 saturated carbocycles. The van der Waals surface area contributed by atoms with Gasteiger partial charge in [-0.15, -0.1) is 11.3 Å². The number of anilines is 1. The predicted molar refractivity (Wildman–Crippen MR) is 152 cm³/mol. The van der Waals surface area contributed by atoms with Crippen molar-refractivity contribution in [3.63, 3.8) is 0 Å². The van der Waals surface area contributed by atoms with Gasteiger partial charge in [-0.25, -0.2) is 14.2 Å². The Kier molecular flexibility index (Phi) is 5.56. The van der Waals surface area contributed by atoms with Crippen molar-refractivity contribution in [2.45, 2.75) is 44.6 Å². The maximum atomic E-state index is 14.5. The number of fused-ring (bicyclic) bond motifs is 7. The molecule has 1 amide bonds. The first-order chi connectivity index (χ1) is 18.9. The number of nitrogens with zero attached hydrogens (tertiary/aromatic N) is 3. The Morgan fingerprint density at radius 1 is 1.05 bits per heavy atom. The average Bonchev–Trinajstić information content (AvgIpc) is 3.47. The van der Waals surface area contributed by atoms with Gasteiger partial charge in [-0.3, -0.25) is 4.79 Å². The zero-order chi connectivity index (χ0) is 26.8. The molecule has 1 fully saturated rings. The predicted octanol–water partition coefficient (Wildman–Crippen LogP) is 7.45. The third-order valence-electron chi connectivity index (χ3n) is 8.25. The maximum Gasteiger partial charge on any atom is 0.345 e. The lowest BCUT2D eigenvalue weighted by Crippen LogP contribution is -2.28. The van der Waals surface area contributed by atoms with Crippen LogP contribution in [-0.2, 0) is 11.3 Å². The van der Waals surface area contributed by atoms with Crippen LogP contribution in [0.5, 0.6) is 0 Å². The third kappa shape index (κ3) is 3.69. The second-order valence-corrected chi connectivity index (χ2v) is 11.5. The molecule has 0 saturated heterocycles. The number of pyridine rings is 1. The zero-order valence-electron chi connectivity index (χ0n) is 21.4. The quantitative estimate of drug-likeness (QED) is 0.258. The highest BCUT2D eigenvalue weighted by atomic mass is 32.1. The van der Waals surface area contributed by atoms with E-state index in [9.17, 15) is 19.1 Å². The smallest absolute Gasteiger partial charge is 0.345 e. The molecule has 8 heteroatoms. The molecule has 4 heterocycles. The minimum absolute atomic E-state index is 0.0872. The van der Waals surface area contributed by atoms with E-state index < -0.39 is 5.97 Å². The SMILES string of the molecule is CN1C(=O)Cn2c(c(C3CCCCC3)c3sc(C(=O)O)cc32)-c2ccc3nc(-c4ccccc4F)ccc3c21. The Morgan fingerprint density at radius 3 is 2.62 bits per heavy atom. The number of amides is 1. The van der Waals surface area contributed by atoms with E-state index in [2.05, 4.69) is 0 Å². The summed E-state index contributed by atoms with van der Waals surface area (Å²) in [6.45, 7) is 0.127. The van der Waals surface area contributed by atoms with Crippen LogP contribution in [0.15, 0.2) is 54.6 Å². The molecule has 2 aromatic carbocycles. The molecule has 0 atom stereocenters. The number of halogens is 1. The van der Waals surface area contributed by atoms with Gasteiger partial charge in [0.2, 0.25) is 5.91 Å². The summed E-state index contributed by atoms with van der Waals surface area (Å²) in [7, 11) is 1.78. The second-order valence-electron chi connectivity index (χ2n) is 10.5. The second kappa shape index (κ2) is 9.02. The van der Waals surface area contributed by atoms with Crippen molar-refractivity contribution in [1.29, 1.82) is 0 Å². The molecule has 0 radical (unpaired) electrons. The van der Waals surface area contributed by atoms with Gasteiger partial charge in [0.05, 0.1) is 32.8 Å². The molecule has 196 valence electrons. The molecule has 0 bridgehead atoms. The van der Waals surface area contributed by atoms with Crippen LogP contribution in [0.2, 0.25) is 0 Å². The fraction of sp³-hybridized carbons (Fsp3) is 0.258. The Labute approximate surface area is 228 Å². The summed E-state index contributed by atoms with van der Waals surface area (Å²) < 4.78 is 17.5. The van der Waals surface area contributed by atoms with Crippen molar-refractivity contribution in [1.82, 2.24) is 9.55 Å². The first-order valence-corrected chi connectivity index (χ1v) is 14.1. The molecular formula is C31H26FN3O3S. The van der Waals surface area contributed by atoms with E-state index in [4.69, 9.17) is 4.98 Å². The number of likely N-dealkylation sites (N-methyl/N-ethyl adjacent to an activating group) is 1. The number of carboxylic acid groups (broad SMARTS) is 1. The van der Waals surface area contributed by atoms with Gasteiger partial charge >= 0.3 is 5.97 Å². The number of hydrogen-bond donors (Lipinski definition) is 1. The molecular weight excluding hydrogens is 513 g/mol. The molecule has 6 nitrogen and oxygen atoms in total. The minimum atomic E-state index is -0.944. The average molecular weight is 540 g/mol. The van der Waals surface area contributed by atoms with Gasteiger partial charge in [-0.05, 0) is 66.8 Å². The van der Waals surface area contributed by atoms with Crippen molar-refractivity contribution >= 4 is 50.0 Å². The normalized spacial score (nSPS) is 15.9. The van der Waals surface area contributed by atoms with Crippen molar-refractivity contribution < 1.29 is 19.1 Å². The summed E-state index contributed by atoms with van der Waals surface area (Å²) in [4.78, 5) is 32.3. The van der Waals surface area contributed by atoms with Crippen LogP contribution in [0.4, 0.5) is 10.1 Å². The number of carboxylic acids is 1. The van der Waals surface area contributed by atoms with E-state index in [0.29, 0.717) is 27.6 Å². The van der Waals surface area contributed by atoms with E-state index in [-0.39, 0.29) is 18.3 Å². The molecule has 0 spiro atoms. The summed E-state index contributed by atoms with van der Waals surface area (Å²) in [5.41, 5.74) is 6.37. The summed E-state index contributed by atoms with van der Waals surface area (Å²) in [5, 5.41) is 10.6. The highest BCUT2D eigenvalue weighted by Crippen LogP contribution is 2.50. The molecule has 2 aliphatic rings. The van der Waals surface area contributed by atoms with E-state index in [1.54, 1.807) is 36.2 Å². The van der Waals surface area contributed by atoms with Crippen LogP contribution in [0, 0.1) is 5.82 Å². The standard InChI is InChI=1S/C31H26FN3O3S/c1-34-26(36)16-35-24-15-25(31(37)38)39-30(24)27(17-7-3-2-4-8-17)29(35)20-12-14-23-19(28(20)34)11-13-22(33-23)18-9-5-6-10-21(18)32/h5-6,9-15,17H,2-4,7-8,16H2,1H3,(H,37,38). The Bertz CT molecular complexity index is 1820. The molecule has 7 rings (SSSR count). The summed E-state index contributed by atoms with van der Waals surface area (Å²) in [5.74, 6) is -1.06. The van der Waals surface area contributed by atoms with Crippen LogP contribution in [0.25, 0.3) is 43.6 Å².